The Bertz CT molecular complexity index is 1140. The van der Waals surface area contributed by atoms with Crippen molar-refractivity contribution in [2.75, 3.05) is 11.9 Å². The summed E-state index contributed by atoms with van der Waals surface area (Å²) in [5.41, 5.74) is 3.54. The fourth-order valence-electron chi connectivity index (χ4n) is 3.66. The highest BCUT2D eigenvalue weighted by Crippen LogP contribution is 2.36. The van der Waals surface area contributed by atoms with Crippen molar-refractivity contribution < 1.29 is 9.59 Å². The minimum Gasteiger partial charge on any atom is -0.334 e. The Labute approximate surface area is 190 Å². The van der Waals surface area contributed by atoms with Gasteiger partial charge in [-0.15, -0.1) is 11.3 Å². The molecule has 0 saturated heterocycles. The molecule has 2 aromatic heterocycles. The number of benzene rings is 1. The molecule has 0 aliphatic carbocycles. The molecule has 1 aliphatic rings. The first-order valence-corrected chi connectivity index (χ1v) is 11.3. The molecule has 3 amide bonds. The van der Waals surface area contributed by atoms with Gasteiger partial charge < -0.3 is 15.5 Å². The van der Waals surface area contributed by atoms with Crippen LogP contribution in [0.25, 0.3) is 0 Å². The predicted molar refractivity (Wildman–Crippen MR) is 123 cm³/mol. The van der Waals surface area contributed by atoms with Crippen molar-refractivity contribution in [3.8, 4) is 6.07 Å². The zero-order valence-electron chi connectivity index (χ0n) is 17.5. The Kier molecular flexibility index (Phi) is 6.78. The average Bonchev–Trinajstić information content (AvgIpc) is 3.18. The zero-order chi connectivity index (χ0) is 22.3. The van der Waals surface area contributed by atoms with E-state index in [2.05, 4.69) is 21.7 Å². The van der Waals surface area contributed by atoms with Gasteiger partial charge in [0, 0.05) is 36.8 Å². The number of carbonyl (C=O) groups excluding carboxylic acids is 2. The van der Waals surface area contributed by atoms with E-state index >= 15 is 0 Å². The van der Waals surface area contributed by atoms with Crippen LogP contribution in [0.1, 0.15) is 33.6 Å². The first kappa shape index (κ1) is 21.5. The lowest BCUT2D eigenvalue weighted by Crippen LogP contribution is -2.42. The van der Waals surface area contributed by atoms with Crippen molar-refractivity contribution in [1.29, 1.82) is 5.26 Å². The summed E-state index contributed by atoms with van der Waals surface area (Å²) >= 11 is 1.39. The molecular formula is C24H23N5O2S. The van der Waals surface area contributed by atoms with E-state index in [-0.39, 0.29) is 11.9 Å². The van der Waals surface area contributed by atoms with Crippen LogP contribution in [-0.2, 0) is 30.7 Å². The van der Waals surface area contributed by atoms with Crippen LogP contribution in [-0.4, -0.2) is 28.4 Å². The van der Waals surface area contributed by atoms with Crippen LogP contribution in [0.3, 0.4) is 0 Å². The number of hydrogen-bond donors (Lipinski definition) is 2. The highest BCUT2D eigenvalue weighted by atomic mass is 32.1. The molecule has 0 radical (unpaired) electrons. The molecule has 0 unspecified atom stereocenters. The molecule has 3 aromatic rings. The number of thiophene rings is 1. The van der Waals surface area contributed by atoms with Gasteiger partial charge in [-0.1, -0.05) is 30.3 Å². The van der Waals surface area contributed by atoms with Crippen molar-refractivity contribution in [2.45, 2.75) is 32.4 Å². The van der Waals surface area contributed by atoms with Gasteiger partial charge in [-0.25, -0.2) is 4.79 Å². The Morgan fingerprint density at radius 3 is 2.66 bits per heavy atom. The van der Waals surface area contributed by atoms with Crippen molar-refractivity contribution in [2.24, 2.45) is 0 Å². The summed E-state index contributed by atoms with van der Waals surface area (Å²) in [6.07, 6.45) is 4.97. The Balaban J connectivity index is 1.37. The molecule has 8 heteroatoms. The third kappa shape index (κ3) is 5.13. The molecule has 0 fully saturated rings. The van der Waals surface area contributed by atoms with Crippen molar-refractivity contribution in [3.05, 3.63) is 82.0 Å². The number of carbonyl (C=O) groups is 2. The normalized spacial score (nSPS) is 12.5. The monoisotopic (exact) mass is 445 g/mol. The fraction of sp³-hybridized carbons (Fsp3) is 0.250. The molecule has 4 rings (SSSR count). The second kappa shape index (κ2) is 10.1. The van der Waals surface area contributed by atoms with Crippen LogP contribution < -0.4 is 10.6 Å². The lowest BCUT2D eigenvalue weighted by molar-refractivity contribution is -0.116. The summed E-state index contributed by atoms with van der Waals surface area (Å²) in [5, 5.41) is 16.1. The Hall–Kier alpha value is -3.70. The van der Waals surface area contributed by atoms with Gasteiger partial charge in [0.2, 0.25) is 5.91 Å². The fourth-order valence-corrected chi connectivity index (χ4v) is 4.89. The van der Waals surface area contributed by atoms with E-state index in [1.165, 1.54) is 11.3 Å². The predicted octanol–water partition coefficient (Wildman–Crippen LogP) is 3.85. The van der Waals surface area contributed by atoms with Crippen LogP contribution >= 0.6 is 11.3 Å². The van der Waals surface area contributed by atoms with Gasteiger partial charge in [0.1, 0.15) is 11.1 Å². The van der Waals surface area contributed by atoms with Crippen molar-refractivity contribution in [1.82, 2.24) is 15.2 Å². The number of nitrogens with zero attached hydrogens (tertiary/aromatic N) is 3. The van der Waals surface area contributed by atoms with Crippen LogP contribution in [0.4, 0.5) is 9.80 Å². The zero-order valence-corrected chi connectivity index (χ0v) is 18.3. The first-order valence-electron chi connectivity index (χ1n) is 10.4. The SMILES string of the molecule is N#Cc1c(NC(=O)CCc2ccccc2)sc2c1CCN(C(=O)NCc1ccncc1)C2. The topological polar surface area (TPSA) is 98.1 Å². The summed E-state index contributed by atoms with van der Waals surface area (Å²) < 4.78 is 0. The summed E-state index contributed by atoms with van der Waals surface area (Å²) in [6.45, 7) is 1.39. The molecule has 3 heterocycles. The molecule has 0 spiro atoms. The summed E-state index contributed by atoms with van der Waals surface area (Å²) in [4.78, 5) is 31.7. The van der Waals surface area contributed by atoms with Gasteiger partial charge >= 0.3 is 6.03 Å². The largest absolute Gasteiger partial charge is 0.334 e. The number of pyridine rings is 1. The summed E-state index contributed by atoms with van der Waals surface area (Å²) in [7, 11) is 0. The third-order valence-corrected chi connectivity index (χ3v) is 6.52. The minimum absolute atomic E-state index is 0.115. The van der Waals surface area contributed by atoms with Crippen molar-refractivity contribution >= 4 is 28.3 Å². The molecule has 1 aliphatic heterocycles. The number of nitrogens with one attached hydrogen (secondary N) is 2. The van der Waals surface area contributed by atoms with E-state index in [0.29, 0.717) is 49.5 Å². The summed E-state index contributed by atoms with van der Waals surface area (Å²) in [6, 6.07) is 15.7. The number of amides is 3. The smallest absolute Gasteiger partial charge is 0.318 e. The number of aromatic nitrogens is 1. The molecule has 2 N–H and O–H groups in total. The molecule has 162 valence electrons. The van der Waals surface area contributed by atoms with Gasteiger partial charge in [0.05, 0.1) is 12.1 Å². The van der Waals surface area contributed by atoms with Gasteiger partial charge in [-0.3, -0.25) is 9.78 Å². The van der Waals surface area contributed by atoms with Crippen LogP contribution in [0.2, 0.25) is 0 Å². The first-order chi connectivity index (χ1) is 15.6. The van der Waals surface area contributed by atoms with E-state index in [1.54, 1.807) is 17.3 Å². The maximum absolute atomic E-state index is 12.6. The van der Waals surface area contributed by atoms with Crippen LogP contribution in [0, 0.1) is 11.3 Å². The number of urea groups is 1. The molecule has 1 aromatic carbocycles. The number of rotatable bonds is 6. The number of nitriles is 1. The van der Waals surface area contributed by atoms with E-state index in [0.717, 1.165) is 21.6 Å². The number of aryl methyl sites for hydroxylation is 1. The highest BCUT2D eigenvalue weighted by Gasteiger charge is 2.27. The maximum Gasteiger partial charge on any atom is 0.318 e. The minimum atomic E-state index is -0.146. The Morgan fingerprint density at radius 2 is 1.91 bits per heavy atom. The standard InChI is InChI=1S/C24H23N5O2S/c25-14-20-19-10-13-29(24(31)27-15-18-8-11-26-12-9-18)16-21(19)32-23(20)28-22(30)7-6-17-4-2-1-3-5-17/h1-5,8-9,11-12H,6-7,10,13,15-16H2,(H,27,31)(H,28,30). The van der Waals surface area contributed by atoms with E-state index < -0.39 is 0 Å². The van der Waals surface area contributed by atoms with E-state index in [1.807, 2.05) is 42.5 Å². The van der Waals surface area contributed by atoms with Gasteiger partial charge in [-0.05, 0) is 41.7 Å². The van der Waals surface area contributed by atoms with E-state index in [4.69, 9.17) is 0 Å². The molecule has 7 nitrogen and oxygen atoms in total. The quantitative estimate of drug-likeness (QED) is 0.602. The third-order valence-electron chi connectivity index (χ3n) is 5.39. The molecular weight excluding hydrogens is 422 g/mol. The average molecular weight is 446 g/mol. The van der Waals surface area contributed by atoms with Crippen LogP contribution in [0.5, 0.6) is 0 Å². The van der Waals surface area contributed by atoms with Gasteiger partial charge in [0.15, 0.2) is 0 Å². The lowest BCUT2D eigenvalue weighted by atomic mass is 10.0. The molecule has 0 saturated carbocycles. The number of anilines is 1. The molecule has 0 bridgehead atoms. The highest BCUT2D eigenvalue weighted by molar-refractivity contribution is 7.16. The van der Waals surface area contributed by atoms with E-state index in [9.17, 15) is 14.9 Å². The van der Waals surface area contributed by atoms with Crippen LogP contribution in [0.15, 0.2) is 54.9 Å². The second-order valence-electron chi connectivity index (χ2n) is 7.54. The number of hydrogen-bond acceptors (Lipinski definition) is 5. The lowest BCUT2D eigenvalue weighted by Gasteiger charge is -2.27. The maximum atomic E-state index is 12.6. The molecule has 32 heavy (non-hydrogen) atoms. The number of fused-ring (bicyclic) bond motifs is 1. The van der Waals surface area contributed by atoms with Gasteiger partial charge in [0.25, 0.3) is 0 Å². The summed E-state index contributed by atoms with van der Waals surface area (Å²) in [5.74, 6) is -0.115. The molecule has 0 atom stereocenters. The second-order valence-corrected chi connectivity index (χ2v) is 8.64. The van der Waals surface area contributed by atoms with Crippen molar-refractivity contribution in [3.63, 3.8) is 0 Å². The van der Waals surface area contributed by atoms with Gasteiger partial charge in [-0.2, -0.15) is 5.26 Å². The Morgan fingerprint density at radius 1 is 1.12 bits per heavy atom.